The maximum absolute atomic E-state index is 14.3. The Morgan fingerprint density at radius 2 is 0.941 bits per heavy atom. The molecule has 0 aliphatic heterocycles. The second-order valence-corrected chi connectivity index (χ2v) is 11.8. The van der Waals surface area contributed by atoms with Crippen molar-refractivity contribution < 1.29 is 26.3 Å². The highest BCUT2D eigenvalue weighted by Gasteiger charge is 2.53. The summed E-state index contributed by atoms with van der Waals surface area (Å²) >= 11 is 0. The van der Waals surface area contributed by atoms with Crippen molar-refractivity contribution in [2.24, 2.45) is 23.7 Å². The van der Waals surface area contributed by atoms with Crippen LogP contribution >= 0.6 is 0 Å². The molecule has 0 N–H and O–H groups in total. The van der Waals surface area contributed by atoms with Crippen LogP contribution in [0.25, 0.3) is 0 Å². The lowest BCUT2D eigenvalue weighted by Gasteiger charge is -2.44. The van der Waals surface area contributed by atoms with Crippen molar-refractivity contribution in [3.05, 3.63) is 0 Å². The molecule has 202 valence electrons. The van der Waals surface area contributed by atoms with Crippen LogP contribution in [0.15, 0.2) is 0 Å². The number of alkyl halides is 6. The standard InChI is InChI=1S/C26H46F6N2/c1-15(2)19(7)33(21-11-12-21)24(26(30,31)32)18(6)10-9-17(5)20(8)34(22-13-14-22)23(16(3)4)25(27,28)29/h15-24H,9-14H2,1-8H3/t17?,18?,19-,20+,23+,24+/m0/s1. The molecule has 0 aromatic rings. The Labute approximate surface area is 202 Å². The third-order valence-corrected chi connectivity index (χ3v) is 8.23. The van der Waals surface area contributed by atoms with Crippen LogP contribution < -0.4 is 0 Å². The minimum atomic E-state index is -4.33. The fraction of sp³-hybridized carbons (Fsp3) is 1.00. The van der Waals surface area contributed by atoms with Gasteiger partial charge in [0.25, 0.3) is 0 Å². The molecule has 6 atom stereocenters. The van der Waals surface area contributed by atoms with Crippen molar-refractivity contribution in [1.82, 2.24) is 9.80 Å². The molecule has 2 rings (SSSR count). The van der Waals surface area contributed by atoms with E-state index in [1.165, 1.54) is 0 Å². The molecule has 0 radical (unpaired) electrons. The maximum atomic E-state index is 14.3. The van der Waals surface area contributed by atoms with E-state index in [1.807, 2.05) is 34.6 Å². The molecule has 0 bridgehead atoms. The van der Waals surface area contributed by atoms with Gasteiger partial charge in [0.05, 0.1) is 0 Å². The Morgan fingerprint density at radius 3 is 1.26 bits per heavy atom. The van der Waals surface area contributed by atoms with Gasteiger partial charge in [0.1, 0.15) is 12.1 Å². The van der Waals surface area contributed by atoms with Crippen LogP contribution in [-0.2, 0) is 0 Å². The zero-order valence-electron chi connectivity index (χ0n) is 22.2. The van der Waals surface area contributed by atoms with E-state index in [-0.39, 0.29) is 36.0 Å². The summed E-state index contributed by atoms with van der Waals surface area (Å²) in [5, 5.41) is 0. The smallest absolute Gasteiger partial charge is 0.286 e. The molecule has 2 saturated carbocycles. The molecule has 8 heteroatoms. The summed E-state index contributed by atoms with van der Waals surface area (Å²) in [6.07, 6.45) is -4.72. The third-order valence-electron chi connectivity index (χ3n) is 8.23. The first-order chi connectivity index (χ1) is 15.5. The molecule has 0 aromatic carbocycles. The van der Waals surface area contributed by atoms with E-state index in [9.17, 15) is 26.3 Å². The van der Waals surface area contributed by atoms with Gasteiger partial charge < -0.3 is 0 Å². The van der Waals surface area contributed by atoms with Gasteiger partial charge in [-0.3, -0.25) is 9.80 Å². The maximum Gasteiger partial charge on any atom is 0.404 e. The van der Waals surface area contributed by atoms with Gasteiger partial charge in [-0.15, -0.1) is 0 Å². The average Bonchev–Trinajstić information content (AvgIpc) is 3.57. The fourth-order valence-electron chi connectivity index (χ4n) is 5.61. The summed E-state index contributed by atoms with van der Waals surface area (Å²) in [4.78, 5) is 3.32. The second kappa shape index (κ2) is 11.3. The average molecular weight is 501 g/mol. The van der Waals surface area contributed by atoms with E-state index in [2.05, 4.69) is 0 Å². The molecule has 0 aromatic heterocycles. The van der Waals surface area contributed by atoms with E-state index in [4.69, 9.17) is 0 Å². The summed E-state index contributed by atoms with van der Waals surface area (Å²) in [7, 11) is 0. The van der Waals surface area contributed by atoms with E-state index < -0.39 is 36.3 Å². The monoisotopic (exact) mass is 500 g/mol. The normalized spacial score (nSPS) is 23.5. The number of rotatable bonds is 13. The predicted octanol–water partition coefficient (Wildman–Crippen LogP) is 7.92. The molecular formula is C26H46F6N2. The Kier molecular flexibility index (Phi) is 9.85. The fourth-order valence-corrected chi connectivity index (χ4v) is 5.61. The zero-order chi connectivity index (χ0) is 26.2. The van der Waals surface area contributed by atoms with Gasteiger partial charge in [0, 0.05) is 24.2 Å². The molecule has 0 heterocycles. The summed E-state index contributed by atoms with van der Waals surface area (Å²) in [5.74, 6) is -1.21. The van der Waals surface area contributed by atoms with Crippen LogP contribution in [0.4, 0.5) is 26.3 Å². The van der Waals surface area contributed by atoms with Crippen LogP contribution in [0.5, 0.6) is 0 Å². The van der Waals surface area contributed by atoms with Gasteiger partial charge >= 0.3 is 12.4 Å². The van der Waals surface area contributed by atoms with Crippen LogP contribution in [0.3, 0.4) is 0 Å². The predicted molar refractivity (Wildman–Crippen MR) is 126 cm³/mol. The van der Waals surface area contributed by atoms with Crippen molar-refractivity contribution in [3.63, 3.8) is 0 Å². The van der Waals surface area contributed by atoms with Crippen LogP contribution in [0, 0.1) is 23.7 Å². The SMILES string of the molecule is CC(CCC(C)[C@@H](N(C1CC1)[C@@H](C)C(C)C)C(F)(F)F)[C@@H](C)N(C1CC1)[C@H](C(C)C)C(F)(F)F. The van der Waals surface area contributed by atoms with Crippen molar-refractivity contribution in [2.75, 3.05) is 0 Å². The first kappa shape index (κ1) is 29.7. The van der Waals surface area contributed by atoms with Crippen molar-refractivity contribution in [3.8, 4) is 0 Å². The van der Waals surface area contributed by atoms with E-state index >= 15 is 0 Å². The largest absolute Gasteiger partial charge is 0.404 e. The molecule has 2 unspecified atom stereocenters. The second-order valence-electron chi connectivity index (χ2n) is 11.8. The van der Waals surface area contributed by atoms with Gasteiger partial charge in [0.15, 0.2) is 0 Å². The Balaban J connectivity index is 2.14. The summed E-state index contributed by atoms with van der Waals surface area (Å²) < 4.78 is 84.7. The number of hydrogen-bond donors (Lipinski definition) is 0. The van der Waals surface area contributed by atoms with E-state index in [1.54, 1.807) is 30.6 Å². The molecule has 2 nitrogen and oxygen atoms in total. The highest BCUT2D eigenvalue weighted by atomic mass is 19.4. The molecule has 34 heavy (non-hydrogen) atoms. The Hall–Kier alpha value is -0.500. The molecule has 2 aliphatic carbocycles. The van der Waals surface area contributed by atoms with Gasteiger partial charge in [-0.05, 0) is 76.0 Å². The lowest BCUT2D eigenvalue weighted by atomic mass is 9.86. The van der Waals surface area contributed by atoms with Gasteiger partial charge in [-0.25, -0.2) is 0 Å². The van der Waals surface area contributed by atoms with Crippen molar-refractivity contribution >= 4 is 0 Å². The minimum Gasteiger partial charge on any atom is -0.286 e. The summed E-state index contributed by atoms with van der Waals surface area (Å²) in [6.45, 7) is 14.4. The van der Waals surface area contributed by atoms with E-state index in [0.717, 1.165) is 25.7 Å². The number of hydrogen-bond acceptors (Lipinski definition) is 2. The highest BCUT2D eigenvalue weighted by Crippen LogP contribution is 2.43. The lowest BCUT2D eigenvalue weighted by molar-refractivity contribution is -0.208. The molecule has 0 spiro atoms. The minimum absolute atomic E-state index is 0.0215. The Bertz CT molecular complexity index is 624. The molecule has 2 aliphatic rings. The first-order valence-electron chi connectivity index (χ1n) is 13.2. The number of nitrogens with zero attached hydrogens (tertiary/aromatic N) is 2. The number of halogens is 6. The van der Waals surface area contributed by atoms with Crippen molar-refractivity contribution in [2.45, 2.75) is 143 Å². The third kappa shape index (κ3) is 7.50. The summed E-state index contributed by atoms with van der Waals surface area (Å²) in [5.41, 5.74) is 0. The molecule has 0 saturated heterocycles. The topological polar surface area (TPSA) is 6.48 Å². The van der Waals surface area contributed by atoms with Gasteiger partial charge in [-0.1, -0.05) is 41.5 Å². The zero-order valence-corrected chi connectivity index (χ0v) is 22.2. The molecule has 2 fully saturated rings. The van der Waals surface area contributed by atoms with Gasteiger partial charge in [-0.2, -0.15) is 26.3 Å². The van der Waals surface area contributed by atoms with Crippen LogP contribution in [0.2, 0.25) is 0 Å². The Morgan fingerprint density at radius 1 is 0.559 bits per heavy atom. The lowest BCUT2D eigenvalue weighted by Crippen LogP contribution is -2.56. The summed E-state index contributed by atoms with van der Waals surface area (Å²) in [6, 6.07) is -3.65. The first-order valence-corrected chi connectivity index (χ1v) is 13.2. The van der Waals surface area contributed by atoms with Gasteiger partial charge in [0.2, 0.25) is 0 Å². The molecule has 0 amide bonds. The van der Waals surface area contributed by atoms with E-state index in [0.29, 0.717) is 12.8 Å². The quantitative estimate of drug-likeness (QED) is 0.237. The highest BCUT2D eigenvalue weighted by molar-refractivity contribution is 4.98. The molecular weight excluding hydrogens is 454 g/mol. The van der Waals surface area contributed by atoms with Crippen LogP contribution in [-0.4, -0.2) is 58.4 Å². The van der Waals surface area contributed by atoms with Crippen LogP contribution in [0.1, 0.15) is 93.9 Å². The van der Waals surface area contributed by atoms with Crippen molar-refractivity contribution in [1.29, 1.82) is 0 Å².